The van der Waals surface area contributed by atoms with Crippen molar-refractivity contribution in [3.63, 3.8) is 0 Å². The summed E-state index contributed by atoms with van der Waals surface area (Å²) in [5.41, 5.74) is 2.67. The molecule has 3 nitrogen and oxygen atoms in total. The number of benzene rings is 2. The van der Waals surface area contributed by atoms with Gasteiger partial charge in [0.1, 0.15) is 18.2 Å². The van der Waals surface area contributed by atoms with Gasteiger partial charge in [0.25, 0.3) is 0 Å². The monoisotopic (exact) mass is 436 g/mol. The van der Waals surface area contributed by atoms with Gasteiger partial charge in [-0.05, 0) is 35.9 Å². The lowest BCUT2D eigenvalue weighted by Crippen LogP contribution is -2.14. The van der Waals surface area contributed by atoms with Crippen LogP contribution in [-0.4, -0.2) is 4.98 Å². The van der Waals surface area contributed by atoms with E-state index in [1.165, 1.54) is 6.07 Å². The van der Waals surface area contributed by atoms with Crippen LogP contribution in [0.25, 0.3) is 0 Å². The first-order valence-corrected chi connectivity index (χ1v) is 8.76. The summed E-state index contributed by atoms with van der Waals surface area (Å²) in [7, 11) is 0. The first-order valence-electron chi connectivity index (χ1n) is 7.96. The topological polar surface area (TPSA) is 34.1 Å². The summed E-state index contributed by atoms with van der Waals surface area (Å²) in [6, 6.07) is 16.4. The van der Waals surface area contributed by atoms with E-state index < -0.39 is 0 Å². The second-order valence-electron chi connectivity index (χ2n) is 5.60. The Morgan fingerprint density at radius 3 is 2.62 bits per heavy atom. The van der Waals surface area contributed by atoms with Gasteiger partial charge < -0.3 is 10.1 Å². The van der Waals surface area contributed by atoms with Crippen molar-refractivity contribution in [2.24, 2.45) is 0 Å². The summed E-state index contributed by atoms with van der Waals surface area (Å²) in [6.07, 6.45) is 3.59. The lowest BCUT2D eigenvalue weighted by atomic mass is 10.2. The summed E-state index contributed by atoms with van der Waals surface area (Å²) < 4.78 is 20.6. The van der Waals surface area contributed by atoms with E-state index in [1.807, 2.05) is 36.5 Å². The molecule has 0 aliphatic carbocycles. The maximum absolute atomic E-state index is 13.7. The van der Waals surface area contributed by atoms with Crippen LogP contribution in [0.15, 0.2) is 71.5 Å². The molecule has 0 atom stereocenters. The Balaban J connectivity index is 0.00000243. The number of hydrogen-bond acceptors (Lipinski definition) is 3. The van der Waals surface area contributed by atoms with E-state index in [0.29, 0.717) is 18.7 Å². The molecule has 136 valence electrons. The standard InChI is InChI=1S/C20H18BrFN2O.ClH/c21-18-7-8-20(25-14-16-5-1-2-6-19(16)22)17(10-18)13-24-12-15-4-3-9-23-11-15;/h1-11,24H,12-14H2;1H. The van der Waals surface area contributed by atoms with Crippen molar-refractivity contribution in [1.82, 2.24) is 10.3 Å². The van der Waals surface area contributed by atoms with Gasteiger partial charge in [0.05, 0.1) is 0 Å². The first-order chi connectivity index (χ1) is 12.2. The molecule has 26 heavy (non-hydrogen) atoms. The highest BCUT2D eigenvalue weighted by Crippen LogP contribution is 2.24. The third-order valence-electron chi connectivity index (χ3n) is 3.73. The second-order valence-corrected chi connectivity index (χ2v) is 6.51. The molecular weight excluding hydrogens is 419 g/mol. The van der Waals surface area contributed by atoms with Gasteiger partial charge in [0.15, 0.2) is 0 Å². The Kier molecular flexibility index (Phi) is 8.04. The Labute approximate surface area is 167 Å². The zero-order valence-corrected chi connectivity index (χ0v) is 16.4. The predicted octanol–water partition coefficient (Wildman–Crippen LogP) is 5.27. The highest BCUT2D eigenvalue weighted by Gasteiger charge is 2.07. The van der Waals surface area contributed by atoms with Crippen LogP contribution < -0.4 is 10.1 Å². The number of rotatable bonds is 7. The Hall–Kier alpha value is -1.95. The lowest BCUT2D eigenvalue weighted by molar-refractivity contribution is 0.296. The minimum Gasteiger partial charge on any atom is -0.488 e. The fraction of sp³-hybridized carbons (Fsp3) is 0.150. The molecule has 0 saturated carbocycles. The molecule has 3 rings (SSSR count). The van der Waals surface area contributed by atoms with Crippen LogP contribution in [-0.2, 0) is 19.7 Å². The van der Waals surface area contributed by atoms with Crippen LogP contribution in [0.1, 0.15) is 16.7 Å². The summed E-state index contributed by atoms with van der Waals surface area (Å²) in [5, 5.41) is 3.38. The quantitative estimate of drug-likeness (QED) is 0.546. The van der Waals surface area contributed by atoms with Crippen LogP contribution in [0.4, 0.5) is 4.39 Å². The third-order valence-corrected chi connectivity index (χ3v) is 4.22. The van der Waals surface area contributed by atoms with Crippen molar-refractivity contribution >= 4 is 28.3 Å². The molecular formula is C20H19BrClFN2O. The van der Waals surface area contributed by atoms with Crippen molar-refractivity contribution in [1.29, 1.82) is 0 Å². The van der Waals surface area contributed by atoms with Crippen LogP contribution in [0.5, 0.6) is 5.75 Å². The van der Waals surface area contributed by atoms with Crippen molar-refractivity contribution in [3.05, 3.63) is 94.0 Å². The molecule has 6 heteroatoms. The summed E-state index contributed by atoms with van der Waals surface area (Å²) >= 11 is 3.49. The van der Waals surface area contributed by atoms with Crippen molar-refractivity contribution in [2.45, 2.75) is 19.7 Å². The van der Waals surface area contributed by atoms with E-state index in [2.05, 4.69) is 26.2 Å². The lowest BCUT2D eigenvalue weighted by Gasteiger charge is -2.13. The molecule has 0 unspecified atom stereocenters. The number of nitrogens with one attached hydrogen (secondary N) is 1. The number of nitrogens with zero attached hydrogens (tertiary/aromatic N) is 1. The van der Waals surface area contributed by atoms with E-state index in [4.69, 9.17) is 4.74 Å². The molecule has 0 saturated heterocycles. The van der Waals surface area contributed by atoms with Crippen LogP contribution in [0, 0.1) is 5.82 Å². The van der Waals surface area contributed by atoms with Gasteiger partial charge in [-0.3, -0.25) is 4.98 Å². The zero-order valence-electron chi connectivity index (χ0n) is 14.0. The van der Waals surface area contributed by atoms with Gasteiger partial charge in [-0.25, -0.2) is 4.39 Å². The van der Waals surface area contributed by atoms with Gasteiger partial charge in [0.2, 0.25) is 0 Å². The minimum absolute atomic E-state index is 0. The van der Waals surface area contributed by atoms with Gasteiger partial charge in [-0.2, -0.15) is 0 Å². The van der Waals surface area contributed by atoms with Crippen LogP contribution >= 0.6 is 28.3 Å². The van der Waals surface area contributed by atoms with E-state index in [1.54, 1.807) is 24.4 Å². The first kappa shape index (κ1) is 20.4. The number of ether oxygens (including phenoxy) is 1. The summed E-state index contributed by atoms with van der Waals surface area (Å²) in [5.74, 6) is 0.487. The Bertz CT molecular complexity index is 833. The van der Waals surface area contributed by atoms with Gasteiger partial charge in [-0.15, -0.1) is 12.4 Å². The molecule has 1 aromatic heterocycles. The predicted molar refractivity (Wildman–Crippen MR) is 107 cm³/mol. The summed E-state index contributed by atoms with van der Waals surface area (Å²) in [4.78, 5) is 4.11. The number of pyridine rings is 1. The molecule has 0 amide bonds. The minimum atomic E-state index is -0.254. The number of hydrogen-bond donors (Lipinski definition) is 1. The Morgan fingerprint density at radius 1 is 1.00 bits per heavy atom. The summed E-state index contributed by atoms with van der Waals surface area (Å²) in [6.45, 7) is 1.55. The Morgan fingerprint density at radius 2 is 1.85 bits per heavy atom. The average molecular weight is 438 g/mol. The van der Waals surface area contributed by atoms with E-state index in [-0.39, 0.29) is 24.8 Å². The largest absolute Gasteiger partial charge is 0.488 e. The van der Waals surface area contributed by atoms with Gasteiger partial charge in [-0.1, -0.05) is 40.2 Å². The maximum atomic E-state index is 13.7. The molecule has 0 spiro atoms. The zero-order chi connectivity index (χ0) is 17.5. The fourth-order valence-corrected chi connectivity index (χ4v) is 2.85. The number of halogens is 3. The van der Waals surface area contributed by atoms with Gasteiger partial charge in [0, 0.05) is 41.1 Å². The fourth-order valence-electron chi connectivity index (χ4n) is 2.44. The van der Waals surface area contributed by atoms with E-state index in [9.17, 15) is 4.39 Å². The third kappa shape index (κ3) is 5.80. The molecule has 0 bridgehead atoms. The highest BCUT2D eigenvalue weighted by molar-refractivity contribution is 9.10. The smallest absolute Gasteiger partial charge is 0.129 e. The van der Waals surface area contributed by atoms with Crippen LogP contribution in [0.3, 0.4) is 0 Å². The van der Waals surface area contributed by atoms with Crippen molar-refractivity contribution in [3.8, 4) is 5.75 Å². The van der Waals surface area contributed by atoms with Gasteiger partial charge >= 0.3 is 0 Å². The van der Waals surface area contributed by atoms with Crippen LogP contribution in [0.2, 0.25) is 0 Å². The second kappa shape index (κ2) is 10.3. The average Bonchev–Trinajstić information content (AvgIpc) is 2.63. The molecule has 0 aliphatic heterocycles. The number of aromatic nitrogens is 1. The molecule has 0 radical (unpaired) electrons. The molecule has 3 aromatic rings. The van der Waals surface area contributed by atoms with E-state index in [0.717, 1.165) is 21.3 Å². The molecule has 2 aromatic carbocycles. The normalized spacial score (nSPS) is 10.2. The highest BCUT2D eigenvalue weighted by atomic mass is 79.9. The maximum Gasteiger partial charge on any atom is 0.129 e. The van der Waals surface area contributed by atoms with Crippen molar-refractivity contribution in [2.75, 3.05) is 0 Å². The van der Waals surface area contributed by atoms with E-state index >= 15 is 0 Å². The molecule has 0 fully saturated rings. The molecule has 1 heterocycles. The molecule has 1 N–H and O–H groups in total. The SMILES string of the molecule is Cl.Fc1ccccc1COc1ccc(Br)cc1CNCc1cccnc1. The van der Waals surface area contributed by atoms with Crippen molar-refractivity contribution < 1.29 is 9.13 Å². The molecule has 0 aliphatic rings.